The molecule has 3 aromatic rings. The quantitative estimate of drug-likeness (QED) is 0.337. The zero-order valence-electron chi connectivity index (χ0n) is 21.6. The van der Waals surface area contributed by atoms with Crippen molar-refractivity contribution in [2.24, 2.45) is 0 Å². The summed E-state index contributed by atoms with van der Waals surface area (Å²) < 4.78 is 43.1. The molecule has 0 unspecified atom stereocenters. The van der Waals surface area contributed by atoms with E-state index in [1.807, 2.05) is 56.7 Å². The van der Waals surface area contributed by atoms with Crippen molar-refractivity contribution in [3.63, 3.8) is 0 Å². The number of hydrogen-bond acceptors (Lipinski definition) is 7. The summed E-state index contributed by atoms with van der Waals surface area (Å²) in [6.07, 6.45) is -0.875. The largest absolute Gasteiger partial charge is 0.497 e. The maximum absolute atomic E-state index is 13.1. The number of nitrogens with one attached hydrogen (secondary N) is 3. The minimum absolute atomic E-state index is 0.0833. The Hall–Kier alpha value is -4.10. The number of carboxylic acid groups (broad SMARTS) is 1. The lowest BCUT2D eigenvalue weighted by atomic mass is 9.95. The van der Waals surface area contributed by atoms with Crippen molar-refractivity contribution in [2.75, 3.05) is 39.7 Å². The van der Waals surface area contributed by atoms with Crippen LogP contribution in [0.25, 0.3) is 11.1 Å². The number of halogens is 3. The van der Waals surface area contributed by atoms with E-state index in [9.17, 15) is 18.0 Å². The van der Waals surface area contributed by atoms with Gasteiger partial charge in [-0.05, 0) is 61.5 Å². The van der Waals surface area contributed by atoms with Crippen LogP contribution in [0.15, 0.2) is 48.8 Å². The first-order chi connectivity index (χ1) is 18.5. The molecule has 1 aliphatic heterocycles. The highest BCUT2D eigenvalue weighted by Gasteiger charge is 2.38. The van der Waals surface area contributed by atoms with Crippen LogP contribution >= 0.6 is 0 Å². The lowest BCUT2D eigenvalue weighted by Gasteiger charge is -2.26. The predicted molar refractivity (Wildman–Crippen MR) is 138 cm³/mol. The molecule has 1 amide bonds. The second kappa shape index (κ2) is 13.1. The topological polar surface area (TPSA) is 129 Å². The van der Waals surface area contributed by atoms with E-state index in [1.54, 1.807) is 13.3 Å². The van der Waals surface area contributed by atoms with Crippen molar-refractivity contribution in [2.45, 2.75) is 25.2 Å². The van der Waals surface area contributed by atoms with Crippen LogP contribution in [0.3, 0.4) is 0 Å². The average molecular weight is 550 g/mol. The number of alkyl halides is 3. The van der Waals surface area contributed by atoms with Crippen LogP contribution in [-0.4, -0.2) is 78.7 Å². The third kappa shape index (κ3) is 8.45. The second-order valence-electron chi connectivity index (χ2n) is 8.91. The maximum atomic E-state index is 13.1. The van der Waals surface area contributed by atoms with E-state index in [4.69, 9.17) is 19.4 Å². The van der Waals surface area contributed by atoms with E-state index in [1.165, 1.54) is 0 Å². The van der Waals surface area contributed by atoms with Crippen molar-refractivity contribution in [1.29, 1.82) is 0 Å². The molecule has 0 radical (unpaired) electrons. The maximum Gasteiger partial charge on any atom is 0.490 e. The van der Waals surface area contributed by atoms with Gasteiger partial charge in [-0.3, -0.25) is 9.89 Å². The monoisotopic (exact) mass is 549 g/mol. The summed E-state index contributed by atoms with van der Waals surface area (Å²) in [5.41, 5.74) is 4.90. The van der Waals surface area contributed by atoms with E-state index in [2.05, 4.69) is 25.7 Å². The van der Waals surface area contributed by atoms with Gasteiger partial charge >= 0.3 is 12.1 Å². The lowest BCUT2D eigenvalue weighted by molar-refractivity contribution is -0.192. The summed E-state index contributed by atoms with van der Waals surface area (Å²) in [6, 6.07) is 11.4. The molecule has 39 heavy (non-hydrogen) atoms. The van der Waals surface area contributed by atoms with Crippen molar-refractivity contribution < 1.29 is 37.3 Å². The van der Waals surface area contributed by atoms with E-state index >= 15 is 0 Å². The molecule has 1 atom stereocenters. The van der Waals surface area contributed by atoms with Crippen molar-refractivity contribution in [3.05, 3.63) is 59.9 Å². The number of carbonyl (C=O) groups excluding carboxylic acids is 1. The van der Waals surface area contributed by atoms with Crippen LogP contribution in [0.1, 0.15) is 11.1 Å². The Labute approximate surface area is 223 Å². The number of aromatic amines is 1. The van der Waals surface area contributed by atoms with Gasteiger partial charge in [0, 0.05) is 24.8 Å². The summed E-state index contributed by atoms with van der Waals surface area (Å²) >= 11 is 0. The number of rotatable bonds is 8. The van der Waals surface area contributed by atoms with Gasteiger partial charge in [0.25, 0.3) is 0 Å². The van der Waals surface area contributed by atoms with Gasteiger partial charge in [0.15, 0.2) is 0 Å². The number of likely N-dealkylation sites (N-methyl/N-ethyl adjacent to an activating group) is 1. The van der Waals surface area contributed by atoms with E-state index in [-0.39, 0.29) is 11.9 Å². The fourth-order valence-electron chi connectivity index (χ4n) is 3.69. The zero-order valence-corrected chi connectivity index (χ0v) is 21.6. The third-order valence-electron chi connectivity index (χ3n) is 5.80. The van der Waals surface area contributed by atoms with Crippen molar-refractivity contribution in [1.82, 2.24) is 20.4 Å². The van der Waals surface area contributed by atoms with Gasteiger partial charge in [0.2, 0.25) is 5.91 Å². The first-order valence-electron chi connectivity index (χ1n) is 11.9. The standard InChI is InChI=1S/C24H29N5O3.C2HF3O2/c1-29(2)8-9-32-23-12-17(19-14-26-27-15-19)5-7-21(23)28-24(30)22-11-16-4-6-20(31-3)10-18(16)13-25-22;3-2(4,5)1(6)7/h4-7,10,12,14-15,22,25H,8-9,11,13H2,1-3H3,(H,26,27)(H,28,30);(H,6,7)/t22-;/m1./s1. The number of hydrogen-bond donors (Lipinski definition) is 4. The minimum atomic E-state index is -5.08. The number of aromatic nitrogens is 2. The van der Waals surface area contributed by atoms with E-state index in [0.29, 0.717) is 31.0 Å². The molecule has 0 saturated carbocycles. The number of H-pyrrole nitrogens is 1. The Balaban J connectivity index is 0.000000532. The SMILES string of the molecule is COc1ccc2c(c1)CN[C@@H](C(=O)Nc1ccc(-c3cn[nH]c3)cc1OCCN(C)C)C2.O=C(O)C(F)(F)F. The van der Waals surface area contributed by atoms with Crippen LogP contribution < -0.4 is 20.1 Å². The molecule has 4 rings (SSSR count). The number of fused-ring (bicyclic) bond motifs is 1. The van der Waals surface area contributed by atoms with Crippen LogP contribution in [0.5, 0.6) is 11.5 Å². The number of amides is 1. The summed E-state index contributed by atoms with van der Waals surface area (Å²) in [5.74, 6) is -1.38. The smallest absolute Gasteiger partial charge is 0.490 e. The van der Waals surface area contributed by atoms with Crippen LogP contribution in [0.2, 0.25) is 0 Å². The number of aliphatic carboxylic acids is 1. The normalized spacial score (nSPS) is 14.6. The molecule has 0 saturated heterocycles. The lowest BCUT2D eigenvalue weighted by Crippen LogP contribution is -2.44. The molecule has 0 aliphatic carbocycles. The van der Waals surface area contributed by atoms with Crippen LogP contribution in [0, 0.1) is 0 Å². The van der Waals surface area contributed by atoms with E-state index < -0.39 is 12.1 Å². The van der Waals surface area contributed by atoms with Gasteiger partial charge in [0.1, 0.15) is 18.1 Å². The molecule has 4 N–H and O–H groups in total. The summed E-state index contributed by atoms with van der Waals surface area (Å²) in [4.78, 5) is 24.0. The van der Waals surface area contributed by atoms with Crippen LogP contribution in [-0.2, 0) is 22.6 Å². The molecule has 2 aromatic carbocycles. The van der Waals surface area contributed by atoms with Gasteiger partial charge in [-0.25, -0.2) is 4.79 Å². The molecule has 2 heterocycles. The zero-order chi connectivity index (χ0) is 28.6. The number of benzene rings is 2. The molecule has 1 aliphatic rings. The minimum Gasteiger partial charge on any atom is -0.497 e. The van der Waals surface area contributed by atoms with E-state index in [0.717, 1.165) is 34.5 Å². The highest BCUT2D eigenvalue weighted by Crippen LogP contribution is 2.31. The average Bonchev–Trinajstić information content (AvgIpc) is 3.43. The first kappa shape index (κ1) is 29.5. The van der Waals surface area contributed by atoms with Gasteiger partial charge < -0.3 is 30.1 Å². The highest BCUT2D eigenvalue weighted by molar-refractivity contribution is 5.97. The fourth-order valence-corrected chi connectivity index (χ4v) is 3.69. The number of nitrogens with zero attached hydrogens (tertiary/aromatic N) is 2. The molecule has 13 heteroatoms. The number of ether oxygens (including phenoxy) is 2. The van der Waals surface area contributed by atoms with Crippen molar-refractivity contribution >= 4 is 17.6 Å². The highest BCUT2D eigenvalue weighted by atomic mass is 19.4. The van der Waals surface area contributed by atoms with Gasteiger partial charge in [-0.1, -0.05) is 12.1 Å². The fraction of sp³-hybridized carbons (Fsp3) is 0.346. The molecule has 1 aromatic heterocycles. The van der Waals surface area contributed by atoms with Gasteiger partial charge in [0.05, 0.1) is 25.0 Å². The molecule has 10 nitrogen and oxygen atoms in total. The number of methoxy groups -OCH3 is 1. The molecule has 0 spiro atoms. The first-order valence-corrected chi connectivity index (χ1v) is 11.9. The third-order valence-corrected chi connectivity index (χ3v) is 5.80. The summed E-state index contributed by atoms with van der Waals surface area (Å²) in [7, 11) is 5.65. The van der Waals surface area contributed by atoms with Gasteiger partial charge in [-0.2, -0.15) is 18.3 Å². The van der Waals surface area contributed by atoms with Crippen molar-refractivity contribution in [3.8, 4) is 22.6 Å². The second-order valence-corrected chi connectivity index (χ2v) is 8.91. The van der Waals surface area contributed by atoms with Gasteiger partial charge in [-0.15, -0.1) is 0 Å². The van der Waals surface area contributed by atoms with Crippen LogP contribution in [0.4, 0.5) is 18.9 Å². The molecular weight excluding hydrogens is 519 g/mol. The molecular formula is C26H30F3N5O5. The number of anilines is 1. The summed E-state index contributed by atoms with van der Waals surface area (Å²) in [5, 5.41) is 20.4. The Morgan fingerprint density at radius 3 is 2.51 bits per heavy atom. The molecule has 0 bridgehead atoms. The Bertz CT molecular complexity index is 1270. The Morgan fingerprint density at radius 1 is 1.15 bits per heavy atom. The predicted octanol–water partition coefficient (Wildman–Crippen LogP) is 3.31. The molecule has 210 valence electrons. The Morgan fingerprint density at radius 2 is 1.90 bits per heavy atom. The summed E-state index contributed by atoms with van der Waals surface area (Å²) in [6.45, 7) is 1.91. The number of carboxylic acids is 1. The number of carbonyl (C=O) groups is 2. The Kier molecular flexibility index (Phi) is 9.90. The molecule has 0 fully saturated rings.